The summed E-state index contributed by atoms with van der Waals surface area (Å²) in [4.78, 5) is 0. The lowest BCUT2D eigenvalue weighted by atomic mass is 9.79. The molecule has 0 saturated heterocycles. The summed E-state index contributed by atoms with van der Waals surface area (Å²) >= 11 is 0. The van der Waals surface area contributed by atoms with Gasteiger partial charge in [-0.1, -0.05) is 154 Å². The van der Waals surface area contributed by atoms with E-state index in [1.165, 1.54) is 22.3 Å². The zero-order chi connectivity index (χ0) is 24.1. The molecule has 172 valence electrons. The van der Waals surface area contributed by atoms with Crippen LogP contribution in [0.1, 0.15) is 91.5 Å². The predicted molar refractivity (Wildman–Crippen MR) is 144 cm³/mol. The highest BCUT2D eigenvalue weighted by atomic mass is 14.2. The summed E-state index contributed by atoms with van der Waals surface area (Å²) in [5.41, 5.74) is 5.69. The quantitative estimate of drug-likeness (QED) is 0.385. The van der Waals surface area contributed by atoms with Crippen molar-refractivity contribution in [3.63, 3.8) is 0 Å². The molecule has 0 aliphatic carbocycles. The van der Waals surface area contributed by atoms with Crippen LogP contribution in [0.5, 0.6) is 0 Å². The van der Waals surface area contributed by atoms with E-state index in [2.05, 4.69) is 98.8 Å². The monoisotopic (exact) mass is 420 g/mol. The van der Waals surface area contributed by atoms with Gasteiger partial charge in [-0.15, -0.1) is 0 Å². The molecule has 0 unspecified atom stereocenters. The Balaban J connectivity index is 0. The van der Waals surface area contributed by atoms with Crippen molar-refractivity contribution in [2.45, 2.75) is 87.5 Å². The van der Waals surface area contributed by atoms with Crippen LogP contribution < -0.4 is 0 Å². The molecule has 0 heteroatoms. The third kappa shape index (κ3) is 12.2. The van der Waals surface area contributed by atoms with Gasteiger partial charge in [0.2, 0.25) is 0 Å². The number of rotatable bonds is 5. The molecule has 0 bridgehead atoms. The summed E-state index contributed by atoms with van der Waals surface area (Å²) in [6, 6.07) is 30.5. The first kappa shape index (κ1) is 30.9. The molecule has 0 saturated carbocycles. The summed E-state index contributed by atoms with van der Waals surface area (Å²) in [5.74, 6) is 0. The van der Waals surface area contributed by atoms with Gasteiger partial charge in [-0.2, -0.15) is 0 Å². The molecule has 0 radical (unpaired) electrons. The average molecular weight is 421 g/mol. The third-order valence-corrected chi connectivity index (χ3v) is 4.48. The molecular formula is C31H48. The van der Waals surface area contributed by atoms with Gasteiger partial charge in [0.25, 0.3) is 0 Å². The molecule has 0 amide bonds. The van der Waals surface area contributed by atoms with Crippen molar-refractivity contribution >= 4 is 0 Å². The second kappa shape index (κ2) is 19.6. The molecule has 0 aromatic heterocycles. The van der Waals surface area contributed by atoms with Gasteiger partial charge in [-0.3, -0.25) is 0 Å². The lowest BCUT2D eigenvalue weighted by molar-refractivity contribution is 0.522. The van der Waals surface area contributed by atoms with E-state index < -0.39 is 0 Å². The molecule has 0 heterocycles. The summed E-state index contributed by atoms with van der Waals surface area (Å²) in [6.07, 6.45) is 2.06. The number of hydrogen-bond donors (Lipinski definition) is 0. The second-order valence-corrected chi connectivity index (χ2v) is 6.91. The number of benzene rings is 3. The van der Waals surface area contributed by atoms with E-state index in [0.29, 0.717) is 0 Å². The van der Waals surface area contributed by atoms with Gasteiger partial charge in [-0.25, -0.2) is 0 Å². The molecule has 3 aromatic rings. The SMILES string of the molecule is CC.CC.CC.CC.CC(C)(Cc1ccc(Cc2ccccc2)cc1)c1ccccc1. The van der Waals surface area contributed by atoms with E-state index in [0.717, 1.165) is 12.8 Å². The average Bonchev–Trinajstić information content (AvgIpc) is 2.86. The highest BCUT2D eigenvalue weighted by molar-refractivity contribution is 5.32. The van der Waals surface area contributed by atoms with E-state index in [4.69, 9.17) is 0 Å². The maximum Gasteiger partial charge on any atom is -0.00258 e. The van der Waals surface area contributed by atoms with Gasteiger partial charge < -0.3 is 0 Å². The first-order valence-electron chi connectivity index (χ1n) is 12.3. The lowest BCUT2D eigenvalue weighted by Gasteiger charge is -2.25. The molecule has 0 aliphatic heterocycles. The highest BCUT2D eigenvalue weighted by Gasteiger charge is 2.20. The van der Waals surface area contributed by atoms with Gasteiger partial charge in [0.1, 0.15) is 0 Å². The van der Waals surface area contributed by atoms with E-state index in [1.54, 1.807) is 0 Å². The van der Waals surface area contributed by atoms with Gasteiger partial charge >= 0.3 is 0 Å². The normalized spacial score (nSPS) is 9.23. The topological polar surface area (TPSA) is 0 Å². The van der Waals surface area contributed by atoms with E-state index >= 15 is 0 Å². The third-order valence-electron chi connectivity index (χ3n) is 4.48. The van der Waals surface area contributed by atoms with Crippen LogP contribution in [0.4, 0.5) is 0 Å². The molecule has 0 N–H and O–H groups in total. The molecule has 0 fully saturated rings. The summed E-state index contributed by atoms with van der Waals surface area (Å²) in [5, 5.41) is 0. The van der Waals surface area contributed by atoms with Crippen LogP contribution in [0.15, 0.2) is 84.9 Å². The van der Waals surface area contributed by atoms with Gasteiger partial charge in [0.05, 0.1) is 0 Å². The lowest BCUT2D eigenvalue weighted by Crippen LogP contribution is -2.20. The maximum atomic E-state index is 2.32. The van der Waals surface area contributed by atoms with Crippen molar-refractivity contribution in [3.05, 3.63) is 107 Å². The maximum absolute atomic E-state index is 2.32. The fourth-order valence-corrected chi connectivity index (χ4v) is 3.11. The Morgan fingerprint density at radius 2 is 0.806 bits per heavy atom. The minimum atomic E-state index is 0.155. The Labute approximate surface area is 194 Å². The Bertz CT molecular complexity index is 722. The fourth-order valence-electron chi connectivity index (χ4n) is 3.11. The first-order chi connectivity index (χ1) is 15.1. The molecular weight excluding hydrogens is 372 g/mol. The highest BCUT2D eigenvalue weighted by Crippen LogP contribution is 2.27. The van der Waals surface area contributed by atoms with Crippen molar-refractivity contribution in [2.75, 3.05) is 0 Å². The van der Waals surface area contributed by atoms with Crippen molar-refractivity contribution in [3.8, 4) is 0 Å². The van der Waals surface area contributed by atoms with Crippen LogP contribution in [0.2, 0.25) is 0 Å². The van der Waals surface area contributed by atoms with Crippen LogP contribution in [-0.2, 0) is 18.3 Å². The largest absolute Gasteiger partial charge is 0.0683 e. The predicted octanol–water partition coefficient (Wildman–Crippen LogP) is 9.90. The second-order valence-electron chi connectivity index (χ2n) is 6.91. The van der Waals surface area contributed by atoms with E-state index in [-0.39, 0.29) is 5.41 Å². The Morgan fingerprint density at radius 3 is 1.26 bits per heavy atom. The van der Waals surface area contributed by atoms with E-state index in [1.807, 2.05) is 55.4 Å². The summed E-state index contributed by atoms with van der Waals surface area (Å²) < 4.78 is 0. The van der Waals surface area contributed by atoms with Crippen molar-refractivity contribution in [1.82, 2.24) is 0 Å². The van der Waals surface area contributed by atoms with Gasteiger partial charge in [0, 0.05) is 0 Å². The van der Waals surface area contributed by atoms with Crippen LogP contribution in [0.25, 0.3) is 0 Å². The zero-order valence-corrected chi connectivity index (χ0v) is 22.0. The Hall–Kier alpha value is -2.34. The Kier molecular flexibility index (Phi) is 19.5. The van der Waals surface area contributed by atoms with Crippen molar-refractivity contribution in [1.29, 1.82) is 0 Å². The molecule has 3 aromatic carbocycles. The number of hydrogen-bond acceptors (Lipinski definition) is 0. The van der Waals surface area contributed by atoms with Crippen molar-refractivity contribution < 1.29 is 0 Å². The van der Waals surface area contributed by atoms with Crippen molar-refractivity contribution in [2.24, 2.45) is 0 Å². The first-order valence-corrected chi connectivity index (χ1v) is 12.3. The van der Waals surface area contributed by atoms with Gasteiger partial charge in [0.15, 0.2) is 0 Å². The molecule has 0 nitrogen and oxygen atoms in total. The summed E-state index contributed by atoms with van der Waals surface area (Å²) in [6.45, 7) is 20.6. The Morgan fingerprint density at radius 1 is 0.452 bits per heavy atom. The molecule has 31 heavy (non-hydrogen) atoms. The molecule has 3 rings (SSSR count). The van der Waals surface area contributed by atoms with E-state index in [9.17, 15) is 0 Å². The smallest absolute Gasteiger partial charge is 0.00258 e. The van der Waals surface area contributed by atoms with Gasteiger partial charge in [-0.05, 0) is 40.5 Å². The minimum Gasteiger partial charge on any atom is -0.0683 e. The van der Waals surface area contributed by atoms with Crippen LogP contribution in [-0.4, -0.2) is 0 Å². The standard InChI is InChI=1S/C23H24.4C2H6/c1-23(2,22-11-7-4-8-12-22)18-21-15-13-20(14-16-21)17-19-9-5-3-6-10-19;4*1-2/h3-16H,17-18H2,1-2H3;4*1-2H3. The fraction of sp³-hybridized carbons (Fsp3) is 0.419. The minimum absolute atomic E-state index is 0.155. The van der Waals surface area contributed by atoms with Crippen LogP contribution in [0.3, 0.4) is 0 Å². The molecule has 0 spiro atoms. The summed E-state index contributed by atoms with van der Waals surface area (Å²) in [7, 11) is 0. The van der Waals surface area contributed by atoms with Crippen LogP contribution in [0, 0.1) is 0 Å². The molecule has 0 aliphatic rings. The molecule has 0 atom stereocenters. The zero-order valence-electron chi connectivity index (χ0n) is 22.0. The van der Waals surface area contributed by atoms with Crippen LogP contribution >= 0.6 is 0 Å².